The fourth-order valence-corrected chi connectivity index (χ4v) is 1.81. The van der Waals surface area contributed by atoms with E-state index < -0.39 is 18.0 Å². The molecule has 0 aliphatic carbocycles. The number of hydroxylamine groups is 1. The monoisotopic (exact) mass is 362 g/mol. The normalized spacial score (nSPS) is 10.5. The van der Waals surface area contributed by atoms with Gasteiger partial charge in [-0.25, -0.2) is 9.59 Å². The number of rotatable bonds is 11. The Morgan fingerprint density at radius 3 is 2.12 bits per heavy atom. The Labute approximate surface area is 153 Å². The van der Waals surface area contributed by atoms with E-state index in [1.807, 2.05) is 24.3 Å². The van der Waals surface area contributed by atoms with E-state index in [0.29, 0.717) is 13.1 Å². The van der Waals surface area contributed by atoms with Crippen molar-refractivity contribution in [1.29, 1.82) is 0 Å². The van der Waals surface area contributed by atoms with Crippen LogP contribution in [0.25, 0.3) is 0 Å². The molecule has 1 rings (SSSR count). The van der Waals surface area contributed by atoms with Crippen molar-refractivity contribution >= 4 is 11.9 Å². The third kappa shape index (κ3) is 8.06. The van der Waals surface area contributed by atoms with Gasteiger partial charge in [0.25, 0.3) is 0 Å². The molecule has 0 radical (unpaired) electrons. The van der Waals surface area contributed by atoms with Crippen LogP contribution in [0.4, 0.5) is 0 Å². The molecule has 7 nitrogen and oxygen atoms in total. The Hall–Kier alpha value is -2.48. The number of nitrogens with one attached hydrogen (secondary N) is 1. The molecule has 7 heteroatoms. The van der Waals surface area contributed by atoms with Crippen molar-refractivity contribution in [3.05, 3.63) is 59.7 Å². The molecule has 0 bridgehead atoms. The summed E-state index contributed by atoms with van der Waals surface area (Å²) < 4.78 is 10.1. The third-order valence-corrected chi connectivity index (χ3v) is 3.25. The van der Waals surface area contributed by atoms with Crippen LogP contribution in [0.2, 0.25) is 0 Å². The van der Waals surface area contributed by atoms with Crippen molar-refractivity contribution in [1.82, 2.24) is 5.48 Å². The van der Waals surface area contributed by atoms with Gasteiger partial charge in [0.1, 0.15) is 19.3 Å². The van der Waals surface area contributed by atoms with E-state index in [-0.39, 0.29) is 24.4 Å². The van der Waals surface area contributed by atoms with Crippen molar-refractivity contribution < 1.29 is 23.9 Å². The lowest BCUT2D eigenvalue weighted by Gasteiger charge is -2.18. The van der Waals surface area contributed by atoms with E-state index in [4.69, 9.17) is 20.0 Å². The molecule has 1 aromatic carbocycles. The first-order valence-electron chi connectivity index (χ1n) is 8.15. The van der Waals surface area contributed by atoms with E-state index in [1.165, 1.54) is 0 Å². The quantitative estimate of drug-likeness (QED) is 0.351. The van der Waals surface area contributed by atoms with Gasteiger partial charge in [-0.1, -0.05) is 37.4 Å². The molecule has 0 amide bonds. The second-order valence-electron chi connectivity index (χ2n) is 5.84. The summed E-state index contributed by atoms with van der Waals surface area (Å²) in [6.07, 6.45) is -0.681. The maximum atomic E-state index is 11.5. The Bertz CT molecular complexity index is 627. The maximum Gasteiger partial charge on any atom is 0.333 e. The number of ether oxygens (including phenoxy) is 2. The first-order valence-corrected chi connectivity index (χ1v) is 8.15. The highest BCUT2D eigenvalue weighted by molar-refractivity contribution is 5.87. The summed E-state index contributed by atoms with van der Waals surface area (Å²) >= 11 is 0. The molecule has 0 saturated heterocycles. The van der Waals surface area contributed by atoms with Crippen LogP contribution in [0.1, 0.15) is 25.0 Å². The molecule has 0 saturated carbocycles. The first-order chi connectivity index (χ1) is 12.3. The van der Waals surface area contributed by atoms with Gasteiger partial charge in [-0.3, -0.25) is 4.84 Å². The zero-order valence-electron chi connectivity index (χ0n) is 15.2. The number of hydrogen-bond acceptors (Lipinski definition) is 7. The van der Waals surface area contributed by atoms with Crippen molar-refractivity contribution in [2.75, 3.05) is 13.2 Å². The second kappa shape index (κ2) is 11.2. The molecular formula is C19H26N2O5. The molecular weight excluding hydrogens is 336 g/mol. The summed E-state index contributed by atoms with van der Waals surface area (Å²) in [5, 5.41) is 0. The van der Waals surface area contributed by atoms with Gasteiger partial charge in [0, 0.05) is 24.2 Å². The number of nitrogens with two attached hydrogens (primary N) is 1. The van der Waals surface area contributed by atoms with Gasteiger partial charge < -0.3 is 15.2 Å². The van der Waals surface area contributed by atoms with Gasteiger partial charge in [-0.2, -0.15) is 5.48 Å². The second-order valence-corrected chi connectivity index (χ2v) is 5.84. The minimum atomic E-state index is -0.681. The molecule has 0 atom stereocenters. The third-order valence-electron chi connectivity index (χ3n) is 3.25. The largest absolute Gasteiger partial charge is 0.459 e. The van der Waals surface area contributed by atoms with E-state index in [0.717, 1.165) is 11.1 Å². The van der Waals surface area contributed by atoms with Gasteiger partial charge in [0.05, 0.1) is 0 Å². The highest BCUT2D eigenvalue weighted by Crippen LogP contribution is 2.05. The highest BCUT2D eigenvalue weighted by Gasteiger charge is 2.16. The predicted molar refractivity (Wildman–Crippen MR) is 97.6 cm³/mol. The number of carbonyl (C=O) groups excluding carboxylic acids is 2. The van der Waals surface area contributed by atoms with Gasteiger partial charge in [-0.15, -0.1) is 0 Å². The van der Waals surface area contributed by atoms with Crippen molar-refractivity contribution in [3.63, 3.8) is 0 Å². The van der Waals surface area contributed by atoms with Crippen LogP contribution < -0.4 is 11.2 Å². The van der Waals surface area contributed by atoms with Gasteiger partial charge in [0.2, 0.25) is 0 Å². The molecule has 26 heavy (non-hydrogen) atoms. The summed E-state index contributed by atoms with van der Waals surface area (Å²) in [5.74, 6) is -1.08. The molecule has 0 unspecified atom stereocenters. The van der Waals surface area contributed by atoms with Crippen molar-refractivity contribution in [3.8, 4) is 0 Å². The van der Waals surface area contributed by atoms with Crippen molar-refractivity contribution in [2.24, 2.45) is 5.73 Å². The molecule has 0 aromatic heterocycles. The highest BCUT2D eigenvalue weighted by atomic mass is 16.7. The fourth-order valence-electron chi connectivity index (χ4n) is 1.81. The summed E-state index contributed by atoms with van der Waals surface area (Å²) in [7, 11) is 0. The van der Waals surface area contributed by atoms with Gasteiger partial charge >= 0.3 is 11.9 Å². The molecule has 0 aliphatic heterocycles. The number of benzene rings is 1. The Morgan fingerprint density at radius 2 is 1.62 bits per heavy atom. The summed E-state index contributed by atoms with van der Waals surface area (Å²) in [5.41, 5.74) is 10.9. The average molecular weight is 362 g/mol. The standard InChI is InChI=1S/C19H26N2O5/c1-13(2)18(22)24-11-17(12-25-19(23)14(3)4)26-21-10-16-7-5-6-15(8-16)9-20/h5-8,17,21H,1,3,9-12,20H2,2,4H3. The van der Waals surface area contributed by atoms with Crippen LogP contribution in [0.5, 0.6) is 0 Å². The summed E-state index contributed by atoms with van der Waals surface area (Å²) in [6, 6.07) is 7.71. The minimum absolute atomic E-state index is 0.0923. The lowest BCUT2D eigenvalue weighted by Crippen LogP contribution is -2.33. The van der Waals surface area contributed by atoms with Gasteiger partial charge in [0.15, 0.2) is 0 Å². The molecule has 0 fully saturated rings. The fraction of sp³-hybridized carbons (Fsp3) is 0.368. The molecule has 1 aromatic rings. The zero-order valence-corrected chi connectivity index (χ0v) is 15.2. The Kier molecular flexibility index (Phi) is 9.29. The van der Waals surface area contributed by atoms with Crippen LogP contribution in [-0.2, 0) is 37.0 Å². The lowest BCUT2D eigenvalue weighted by atomic mass is 10.1. The van der Waals surface area contributed by atoms with Crippen LogP contribution >= 0.6 is 0 Å². The molecule has 0 spiro atoms. The van der Waals surface area contributed by atoms with Crippen molar-refractivity contribution in [2.45, 2.75) is 33.0 Å². The smallest absolute Gasteiger partial charge is 0.333 e. The van der Waals surface area contributed by atoms with Crippen LogP contribution in [0.15, 0.2) is 48.6 Å². The van der Waals surface area contributed by atoms with Crippen LogP contribution in [-0.4, -0.2) is 31.3 Å². The molecule has 3 N–H and O–H groups in total. The minimum Gasteiger partial charge on any atom is -0.459 e. The van der Waals surface area contributed by atoms with E-state index in [9.17, 15) is 9.59 Å². The van der Waals surface area contributed by atoms with Gasteiger partial charge in [-0.05, 0) is 25.0 Å². The lowest BCUT2D eigenvalue weighted by molar-refractivity contribution is -0.156. The zero-order chi connectivity index (χ0) is 19.5. The SMILES string of the molecule is C=C(C)C(=O)OCC(COC(=O)C(=C)C)ONCc1cccc(CN)c1. The molecule has 0 aliphatic rings. The van der Waals surface area contributed by atoms with Crippen LogP contribution in [0, 0.1) is 0 Å². The first kappa shape index (κ1) is 21.6. The molecule has 142 valence electrons. The number of hydrogen-bond donors (Lipinski definition) is 2. The maximum absolute atomic E-state index is 11.5. The average Bonchev–Trinajstić information content (AvgIpc) is 2.62. The predicted octanol–water partition coefficient (Wildman–Crippen LogP) is 1.77. The topological polar surface area (TPSA) is 99.9 Å². The summed E-state index contributed by atoms with van der Waals surface area (Å²) in [6.45, 7) is 10.8. The number of carbonyl (C=O) groups is 2. The van der Waals surface area contributed by atoms with E-state index >= 15 is 0 Å². The van der Waals surface area contributed by atoms with E-state index in [2.05, 4.69) is 18.6 Å². The number of esters is 2. The Balaban J connectivity index is 2.55. The van der Waals surface area contributed by atoms with Crippen LogP contribution in [0.3, 0.4) is 0 Å². The Morgan fingerprint density at radius 1 is 1.08 bits per heavy atom. The van der Waals surface area contributed by atoms with E-state index in [1.54, 1.807) is 13.8 Å². The molecule has 0 heterocycles. The summed E-state index contributed by atoms with van der Waals surface area (Å²) in [4.78, 5) is 28.5.